The lowest BCUT2D eigenvalue weighted by Crippen LogP contribution is -2.23. The van der Waals surface area contributed by atoms with E-state index < -0.39 is 0 Å². The van der Waals surface area contributed by atoms with E-state index in [1.807, 2.05) is 24.3 Å². The molecule has 2 N–H and O–H groups in total. The molecule has 0 saturated carbocycles. The molecule has 1 aromatic heterocycles. The van der Waals surface area contributed by atoms with Gasteiger partial charge in [0.1, 0.15) is 5.69 Å². The number of anilines is 3. The van der Waals surface area contributed by atoms with Crippen LogP contribution in [0.1, 0.15) is 29.9 Å². The Balaban J connectivity index is 1.70. The minimum atomic E-state index is -0.283. The van der Waals surface area contributed by atoms with Crippen LogP contribution in [0.15, 0.2) is 72.9 Å². The van der Waals surface area contributed by atoms with Crippen LogP contribution in [0, 0.1) is 0 Å². The summed E-state index contributed by atoms with van der Waals surface area (Å²) in [5, 5.41) is 5.53. The van der Waals surface area contributed by atoms with Gasteiger partial charge in [-0.15, -0.1) is 0 Å². The topological polar surface area (TPSA) is 74.3 Å². The maximum absolute atomic E-state index is 12.6. The fraction of sp³-hybridized carbons (Fsp3) is 0.174. The van der Waals surface area contributed by atoms with Crippen molar-refractivity contribution in [2.75, 3.05) is 22.1 Å². The average molecular weight is 388 g/mol. The quantitative estimate of drug-likeness (QED) is 0.632. The van der Waals surface area contributed by atoms with Crippen LogP contribution in [0.4, 0.5) is 17.1 Å². The third kappa shape index (κ3) is 5.65. The second-order valence-corrected chi connectivity index (χ2v) is 6.61. The summed E-state index contributed by atoms with van der Waals surface area (Å²) >= 11 is 0. The lowest BCUT2D eigenvalue weighted by Gasteiger charge is -2.23. The molecule has 6 nitrogen and oxygen atoms in total. The summed E-state index contributed by atoms with van der Waals surface area (Å²) in [6, 6.07) is 20.9. The Morgan fingerprint density at radius 1 is 0.931 bits per heavy atom. The Morgan fingerprint density at radius 3 is 2.21 bits per heavy atom. The van der Waals surface area contributed by atoms with Crippen LogP contribution in [0.5, 0.6) is 0 Å². The van der Waals surface area contributed by atoms with Crippen molar-refractivity contribution in [3.05, 3.63) is 84.2 Å². The van der Waals surface area contributed by atoms with Gasteiger partial charge in [0.05, 0.1) is 0 Å². The van der Waals surface area contributed by atoms with Crippen LogP contribution in [0.2, 0.25) is 0 Å². The Hall–Kier alpha value is -3.67. The summed E-state index contributed by atoms with van der Waals surface area (Å²) in [5.41, 5.74) is 3.80. The predicted molar refractivity (Wildman–Crippen MR) is 116 cm³/mol. The van der Waals surface area contributed by atoms with E-state index in [0.29, 0.717) is 17.1 Å². The van der Waals surface area contributed by atoms with Gasteiger partial charge in [0.15, 0.2) is 0 Å². The van der Waals surface area contributed by atoms with Gasteiger partial charge in [-0.05, 0) is 48.9 Å². The van der Waals surface area contributed by atoms with E-state index in [-0.39, 0.29) is 11.8 Å². The molecule has 0 aliphatic heterocycles. The molecule has 0 bridgehead atoms. The molecule has 0 atom stereocenters. The zero-order chi connectivity index (χ0) is 20.6. The van der Waals surface area contributed by atoms with Gasteiger partial charge in [-0.3, -0.25) is 14.6 Å². The first-order valence-electron chi connectivity index (χ1n) is 9.49. The summed E-state index contributed by atoms with van der Waals surface area (Å²) in [6.45, 7) is 5.10. The Morgan fingerprint density at radius 2 is 1.59 bits per heavy atom. The summed E-state index contributed by atoms with van der Waals surface area (Å²) in [6.07, 6.45) is 1.65. The highest BCUT2D eigenvalue weighted by atomic mass is 16.2. The molecule has 2 amide bonds. The third-order valence-electron chi connectivity index (χ3n) is 4.40. The van der Waals surface area contributed by atoms with Crippen molar-refractivity contribution < 1.29 is 9.59 Å². The number of hydrogen-bond donors (Lipinski definition) is 2. The number of carbonyl (C=O) groups excluding carboxylic acids is 2. The lowest BCUT2D eigenvalue weighted by atomic mass is 10.2. The van der Waals surface area contributed by atoms with E-state index in [0.717, 1.165) is 18.8 Å². The maximum atomic E-state index is 12.6. The van der Waals surface area contributed by atoms with Crippen molar-refractivity contribution in [1.29, 1.82) is 0 Å². The van der Waals surface area contributed by atoms with Gasteiger partial charge in [-0.1, -0.05) is 30.3 Å². The molecule has 0 fully saturated rings. The minimum absolute atomic E-state index is 0.140. The monoisotopic (exact) mass is 388 g/mol. The van der Waals surface area contributed by atoms with Gasteiger partial charge in [0.2, 0.25) is 5.91 Å². The molecule has 3 aromatic rings. The van der Waals surface area contributed by atoms with Crippen molar-refractivity contribution in [3.63, 3.8) is 0 Å². The largest absolute Gasteiger partial charge is 0.367 e. The minimum Gasteiger partial charge on any atom is -0.367 e. The molecule has 0 aliphatic carbocycles. The summed E-state index contributed by atoms with van der Waals surface area (Å²) in [5.74, 6) is -0.423. The van der Waals surface area contributed by atoms with Gasteiger partial charge < -0.3 is 15.5 Å². The second kappa shape index (κ2) is 9.50. The first kappa shape index (κ1) is 20.1. The Labute approximate surface area is 170 Å². The fourth-order valence-corrected chi connectivity index (χ4v) is 2.97. The molecule has 0 saturated heterocycles. The SMILES string of the molecule is CCN(Cc1ccccc1)c1ccnc(C(=O)Nc2ccc(NC(C)=O)cc2)c1. The van der Waals surface area contributed by atoms with Gasteiger partial charge >= 0.3 is 0 Å². The number of carbonyl (C=O) groups is 2. The number of pyridine rings is 1. The van der Waals surface area contributed by atoms with E-state index in [4.69, 9.17) is 0 Å². The molecule has 0 spiro atoms. The van der Waals surface area contributed by atoms with Crippen molar-refractivity contribution in [2.24, 2.45) is 0 Å². The molecular formula is C23H24N4O2. The molecule has 148 valence electrons. The normalized spacial score (nSPS) is 10.3. The molecule has 0 unspecified atom stereocenters. The van der Waals surface area contributed by atoms with E-state index in [1.165, 1.54) is 12.5 Å². The molecule has 0 radical (unpaired) electrons. The number of rotatable bonds is 7. The number of nitrogens with one attached hydrogen (secondary N) is 2. The molecule has 29 heavy (non-hydrogen) atoms. The summed E-state index contributed by atoms with van der Waals surface area (Å²) in [7, 11) is 0. The van der Waals surface area contributed by atoms with Crippen molar-refractivity contribution in [1.82, 2.24) is 4.98 Å². The zero-order valence-corrected chi connectivity index (χ0v) is 16.6. The van der Waals surface area contributed by atoms with Crippen LogP contribution in [0.25, 0.3) is 0 Å². The van der Waals surface area contributed by atoms with Crippen molar-refractivity contribution in [3.8, 4) is 0 Å². The molecule has 1 heterocycles. The summed E-state index contributed by atoms with van der Waals surface area (Å²) < 4.78 is 0. The van der Waals surface area contributed by atoms with E-state index in [9.17, 15) is 9.59 Å². The highest BCUT2D eigenvalue weighted by Gasteiger charge is 2.12. The first-order chi connectivity index (χ1) is 14.0. The summed E-state index contributed by atoms with van der Waals surface area (Å²) in [4.78, 5) is 30.1. The number of aromatic nitrogens is 1. The Bertz CT molecular complexity index is 972. The zero-order valence-electron chi connectivity index (χ0n) is 16.6. The molecular weight excluding hydrogens is 364 g/mol. The molecule has 6 heteroatoms. The van der Waals surface area contributed by atoms with Gasteiger partial charge in [0, 0.05) is 43.3 Å². The fourth-order valence-electron chi connectivity index (χ4n) is 2.97. The van der Waals surface area contributed by atoms with E-state index in [2.05, 4.69) is 39.6 Å². The van der Waals surface area contributed by atoms with Crippen LogP contribution < -0.4 is 15.5 Å². The maximum Gasteiger partial charge on any atom is 0.274 e. The van der Waals surface area contributed by atoms with Crippen molar-refractivity contribution >= 4 is 28.9 Å². The number of hydrogen-bond acceptors (Lipinski definition) is 4. The van der Waals surface area contributed by atoms with Gasteiger partial charge in [-0.2, -0.15) is 0 Å². The number of amides is 2. The van der Waals surface area contributed by atoms with Crippen LogP contribution in [-0.2, 0) is 11.3 Å². The molecule has 2 aromatic carbocycles. The first-order valence-corrected chi connectivity index (χ1v) is 9.49. The molecule has 0 aliphatic rings. The predicted octanol–water partition coefficient (Wildman–Crippen LogP) is 4.32. The lowest BCUT2D eigenvalue weighted by molar-refractivity contribution is -0.114. The molecule has 3 rings (SSSR count). The third-order valence-corrected chi connectivity index (χ3v) is 4.40. The number of nitrogens with zero attached hydrogens (tertiary/aromatic N) is 2. The smallest absolute Gasteiger partial charge is 0.274 e. The Kier molecular flexibility index (Phi) is 6.58. The number of benzene rings is 2. The standard InChI is InChI=1S/C23H24N4O2/c1-3-27(16-18-7-5-4-6-8-18)21-13-14-24-22(15-21)23(29)26-20-11-9-19(10-12-20)25-17(2)28/h4-15H,3,16H2,1-2H3,(H,25,28)(H,26,29). The van der Waals surface area contributed by atoms with Gasteiger partial charge in [-0.25, -0.2) is 0 Å². The average Bonchev–Trinajstić information content (AvgIpc) is 2.74. The van der Waals surface area contributed by atoms with Crippen LogP contribution in [0.3, 0.4) is 0 Å². The highest BCUT2D eigenvalue weighted by Crippen LogP contribution is 2.19. The van der Waals surface area contributed by atoms with Gasteiger partial charge in [0.25, 0.3) is 5.91 Å². The van der Waals surface area contributed by atoms with Crippen molar-refractivity contribution in [2.45, 2.75) is 20.4 Å². The van der Waals surface area contributed by atoms with E-state index in [1.54, 1.807) is 36.5 Å². The van der Waals surface area contributed by atoms with Crippen LogP contribution in [-0.4, -0.2) is 23.3 Å². The second-order valence-electron chi connectivity index (χ2n) is 6.61. The van der Waals surface area contributed by atoms with Crippen LogP contribution >= 0.6 is 0 Å². The van der Waals surface area contributed by atoms with E-state index >= 15 is 0 Å². The highest BCUT2D eigenvalue weighted by molar-refractivity contribution is 6.03.